The Morgan fingerprint density at radius 2 is 1.73 bits per heavy atom. The smallest absolute Gasteiger partial charge is 0.0686 e. The molecule has 0 bridgehead atoms. The van der Waals surface area contributed by atoms with Crippen molar-refractivity contribution < 1.29 is 35.6 Å². The van der Waals surface area contributed by atoms with E-state index in [1.165, 1.54) is 0 Å². The molecule has 1 aromatic heterocycles. The van der Waals surface area contributed by atoms with Gasteiger partial charge in [-0.25, -0.2) is 0 Å². The zero-order valence-corrected chi connectivity index (χ0v) is 10.1. The minimum Gasteiger partial charge on any atom is -0.343 e. The predicted molar refractivity (Wildman–Crippen MR) is 57.3 cm³/mol. The summed E-state index contributed by atoms with van der Waals surface area (Å²) in [6.45, 7) is 3.62. The summed E-state index contributed by atoms with van der Waals surface area (Å²) in [6, 6.07) is -3.15. The summed E-state index contributed by atoms with van der Waals surface area (Å²) in [7, 11) is 3.55. The van der Waals surface area contributed by atoms with E-state index in [1.54, 1.807) is 0 Å². The molecule has 2 aromatic rings. The molecule has 1 radical (unpaired) electrons. The molecule has 0 aliphatic carbocycles. The molecule has 1 heterocycles. The van der Waals surface area contributed by atoms with Crippen LogP contribution in [0.3, 0.4) is 0 Å². The van der Waals surface area contributed by atoms with E-state index < -0.39 is 42.4 Å². The first-order chi connectivity index (χ1) is 10.1. The zero-order chi connectivity index (χ0) is 16.9. The summed E-state index contributed by atoms with van der Waals surface area (Å²) < 4.78 is 63.0. The third kappa shape index (κ3) is 2.41. The van der Waals surface area contributed by atoms with Crippen LogP contribution < -0.4 is 4.57 Å². The molecular weight excluding hydrogens is 362 g/mol. The fourth-order valence-corrected chi connectivity index (χ4v) is 1.05. The van der Waals surface area contributed by atoms with Gasteiger partial charge in [-0.05, 0) is 1.37 Å². The SMILES string of the molecule is [2H]c1c([2H])c([2H])c(-c2c([2H])c([2H])c([2H])c([2H])[n+]2[CH2-])c([CH2-])c1[2H].[Ir]. The molecule has 0 saturated heterocycles. The zero-order valence-electron chi connectivity index (χ0n) is 15.7. The van der Waals surface area contributed by atoms with E-state index in [9.17, 15) is 0 Å². The molecule has 0 atom stereocenters. The fraction of sp³-hybridized carbons (Fsp3) is 0. The van der Waals surface area contributed by atoms with Crippen LogP contribution in [0.4, 0.5) is 0 Å². The third-order valence-electron chi connectivity index (χ3n) is 1.71. The second-order valence-corrected chi connectivity index (χ2v) is 2.62. The van der Waals surface area contributed by atoms with Crippen molar-refractivity contribution in [3.8, 4) is 11.3 Å². The second-order valence-electron chi connectivity index (χ2n) is 2.62. The van der Waals surface area contributed by atoms with Crippen molar-refractivity contribution >= 4 is 0 Å². The van der Waals surface area contributed by atoms with Gasteiger partial charge >= 0.3 is 0 Å². The Kier molecular flexibility index (Phi) is 1.58. The molecule has 0 N–H and O–H groups in total. The van der Waals surface area contributed by atoms with E-state index in [4.69, 9.17) is 11.0 Å². The molecule has 2 rings (SSSR count). The first-order valence-corrected chi connectivity index (χ1v) is 3.87. The Morgan fingerprint density at radius 1 is 1.07 bits per heavy atom. The van der Waals surface area contributed by atoms with Crippen molar-refractivity contribution in [2.24, 2.45) is 0 Å². The van der Waals surface area contributed by atoms with Gasteiger partial charge in [0.25, 0.3) is 0 Å². The van der Waals surface area contributed by atoms with Crippen LogP contribution in [0.5, 0.6) is 0 Å². The minimum atomic E-state index is -0.508. The van der Waals surface area contributed by atoms with Gasteiger partial charge in [-0.3, -0.25) is 0 Å². The van der Waals surface area contributed by atoms with Gasteiger partial charge in [0.05, 0.1) is 18.7 Å². The number of hydrogen-bond acceptors (Lipinski definition) is 0. The van der Waals surface area contributed by atoms with Crippen LogP contribution in [-0.2, 0) is 20.1 Å². The summed E-state index contributed by atoms with van der Waals surface area (Å²) in [4.78, 5) is 0. The average Bonchev–Trinajstić information content (AvgIpc) is 2.50. The third-order valence-corrected chi connectivity index (χ3v) is 1.71. The van der Waals surface area contributed by atoms with Crippen LogP contribution in [0, 0.1) is 14.0 Å². The van der Waals surface area contributed by atoms with Gasteiger partial charge in [0.15, 0.2) is 0 Å². The summed E-state index contributed by atoms with van der Waals surface area (Å²) in [5, 5.41) is 0. The Bertz CT molecular complexity index is 680. The molecule has 0 spiro atoms. The van der Waals surface area contributed by atoms with E-state index in [0.717, 1.165) is 4.57 Å². The monoisotopic (exact) mass is 383 g/mol. The van der Waals surface area contributed by atoms with Gasteiger partial charge in [0, 0.05) is 29.9 Å². The first-order valence-electron chi connectivity index (χ1n) is 7.87. The van der Waals surface area contributed by atoms with Crippen LogP contribution in [0.2, 0.25) is 0 Å². The molecule has 0 fully saturated rings. The number of aromatic nitrogens is 1. The van der Waals surface area contributed by atoms with Crippen LogP contribution in [-0.4, -0.2) is 0 Å². The van der Waals surface area contributed by atoms with Crippen molar-refractivity contribution in [3.63, 3.8) is 0 Å². The maximum atomic E-state index is 7.97. The molecule has 0 amide bonds. The molecule has 1 aromatic carbocycles. The quantitative estimate of drug-likeness (QED) is 0.527. The first kappa shape index (κ1) is 4.73. The van der Waals surface area contributed by atoms with Crippen LogP contribution in [0.15, 0.2) is 48.5 Å². The summed E-state index contributed by atoms with van der Waals surface area (Å²) in [5.74, 6) is 0. The minimum absolute atomic E-state index is 0. The Labute approximate surface area is 115 Å². The van der Waals surface area contributed by atoms with Gasteiger partial charge in [-0.15, -0.1) is 17.6 Å². The number of hydrogen-bond donors (Lipinski definition) is 0. The van der Waals surface area contributed by atoms with Crippen molar-refractivity contribution in [2.75, 3.05) is 0 Å². The van der Waals surface area contributed by atoms with E-state index in [-0.39, 0.29) is 43.0 Å². The molecule has 0 aliphatic heterocycles. The largest absolute Gasteiger partial charge is 0.343 e. The number of rotatable bonds is 1. The maximum Gasteiger partial charge on any atom is 0.0686 e. The second kappa shape index (κ2) is 5.01. The maximum absolute atomic E-state index is 7.97. The van der Waals surface area contributed by atoms with Crippen molar-refractivity contribution in [1.82, 2.24) is 0 Å². The van der Waals surface area contributed by atoms with Gasteiger partial charge in [-0.1, -0.05) is 24.2 Å². The van der Waals surface area contributed by atoms with Gasteiger partial charge in [-0.2, -0.15) is 18.5 Å². The normalized spacial score (nSPS) is 16.8. The Balaban J connectivity index is 0.00000264. The number of benzene rings is 1. The van der Waals surface area contributed by atoms with Crippen molar-refractivity contribution in [1.29, 1.82) is 0 Å². The van der Waals surface area contributed by atoms with Crippen LogP contribution in [0.25, 0.3) is 11.3 Å². The van der Waals surface area contributed by atoms with Gasteiger partial charge < -0.3 is 4.57 Å². The summed E-state index contributed by atoms with van der Waals surface area (Å²) in [5.41, 5.74) is -0.274. The molecule has 2 heteroatoms. The number of pyridine rings is 1. The van der Waals surface area contributed by atoms with Crippen molar-refractivity contribution in [3.05, 3.63) is 68.0 Å². The Hall–Kier alpha value is -1.24. The predicted octanol–water partition coefficient (Wildman–Crippen LogP) is 2.46. The molecule has 0 saturated carbocycles. The summed E-state index contributed by atoms with van der Waals surface area (Å²) >= 11 is 0. The molecular formula is C13H12IrN-. The van der Waals surface area contributed by atoms with Gasteiger partial charge in [0.1, 0.15) is 0 Å². The topological polar surface area (TPSA) is 3.88 Å². The van der Waals surface area contributed by atoms with Gasteiger partial charge in [0.2, 0.25) is 0 Å². The number of nitrogens with zero attached hydrogens (tertiary/aromatic N) is 1. The van der Waals surface area contributed by atoms with Crippen molar-refractivity contribution in [2.45, 2.75) is 0 Å². The van der Waals surface area contributed by atoms with Crippen LogP contribution >= 0.6 is 0 Å². The van der Waals surface area contributed by atoms with E-state index in [0.29, 0.717) is 0 Å². The van der Waals surface area contributed by atoms with E-state index in [1.807, 2.05) is 0 Å². The molecule has 15 heavy (non-hydrogen) atoms. The molecule has 1 nitrogen and oxygen atoms in total. The van der Waals surface area contributed by atoms with E-state index >= 15 is 0 Å². The molecule has 0 aliphatic rings. The fourth-order valence-electron chi connectivity index (χ4n) is 1.05. The van der Waals surface area contributed by atoms with Crippen LogP contribution in [0.1, 0.15) is 16.5 Å². The van der Waals surface area contributed by atoms with E-state index in [2.05, 4.69) is 14.0 Å². The Morgan fingerprint density at radius 3 is 2.53 bits per heavy atom. The standard InChI is InChI=1S/C13H12N.Ir/c1-11-7-3-4-8-12(11)13-9-5-6-10-14(13)2;/h3-10H,1-2H2;/q-1;/i3D,4D,5D,6D,7D,8D,9D,10D;. The average molecular weight is 383 g/mol. The summed E-state index contributed by atoms with van der Waals surface area (Å²) in [6.07, 6.45) is -0.428. The molecule has 79 valence electrons. The molecule has 0 unspecified atom stereocenters.